The highest BCUT2D eigenvalue weighted by molar-refractivity contribution is 5.76. The number of carbonyl (C=O) groups is 1. The van der Waals surface area contributed by atoms with Gasteiger partial charge in [0.1, 0.15) is 5.60 Å². The van der Waals surface area contributed by atoms with Crippen LogP contribution in [0.25, 0.3) is 0 Å². The Morgan fingerprint density at radius 2 is 2.09 bits per heavy atom. The third-order valence-electron chi connectivity index (χ3n) is 4.73. The van der Waals surface area contributed by atoms with Crippen LogP contribution < -0.4 is 10.2 Å². The molecule has 0 spiro atoms. The van der Waals surface area contributed by atoms with Crippen molar-refractivity contribution in [2.75, 3.05) is 24.5 Å². The molecule has 6 nitrogen and oxygen atoms in total. The van der Waals surface area contributed by atoms with Gasteiger partial charge in [0, 0.05) is 31.9 Å². The lowest BCUT2D eigenvalue weighted by atomic mass is 10.0. The van der Waals surface area contributed by atoms with Crippen molar-refractivity contribution in [2.24, 2.45) is 5.92 Å². The average Bonchev–Trinajstić information content (AvgIpc) is 3.17. The van der Waals surface area contributed by atoms with Gasteiger partial charge in [0.05, 0.1) is 6.54 Å². The van der Waals surface area contributed by atoms with Gasteiger partial charge in [-0.3, -0.25) is 4.79 Å². The number of anilines is 1. The zero-order chi connectivity index (χ0) is 15.4. The number of nitrogens with one attached hydrogen (secondary N) is 1. The summed E-state index contributed by atoms with van der Waals surface area (Å²) in [7, 11) is 0. The standard InChI is InChI=1S/C16H24N4O2/c21-14(10-13-4-1-2-5-13)19-11-16(22)6-9-20(12-16)15-17-7-3-8-18-15/h3,7-8,13,22H,1-2,4-6,9-12H2,(H,19,21)/t16-/m0/s1. The van der Waals surface area contributed by atoms with Crippen LogP contribution in [0.5, 0.6) is 0 Å². The minimum atomic E-state index is -0.884. The molecule has 2 fully saturated rings. The molecule has 1 saturated carbocycles. The molecule has 2 aliphatic rings. The number of β-amino-alcohol motifs (C(OH)–C–C–N with tert-alkyl or cyclic N) is 1. The van der Waals surface area contributed by atoms with Gasteiger partial charge in [0.25, 0.3) is 0 Å². The first-order valence-electron chi connectivity index (χ1n) is 8.16. The maximum absolute atomic E-state index is 12.0. The summed E-state index contributed by atoms with van der Waals surface area (Å²) in [5, 5.41) is 13.5. The van der Waals surface area contributed by atoms with E-state index < -0.39 is 5.60 Å². The maximum atomic E-state index is 12.0. The number of aromatic nitrogens is 2. The van der Waals surface area contributed by atoms with Crippen LogP contribution >= 0.6 is 0 Å². The van der Waals surface area contributed by atoms with Gasteiger partial charge < -0.3 is 15.3 Å². The van der Waals surface area contributed by atoms with E-state index in [1.165, 1.54) is 12.8 Å². The van der Waals surface area contributed by atoms with Gasteiger partial charge in [-0.25, -0.2) is 9.97 Å². The molecule has 0 aromatic carbocycles. The summed E-state index contributed by atoms with van der Waals surface area (Å²) in [5.74, 6) is 1.23. The van der Waals surface area contributed by atoms with E-state index in [9.17, 15) is 9.90 Å². The Labute approximate surface area is 131 Å². The molecule has 0 unspecified atom stereocenters. The largest absolute Gasteiger partial charge is 0.386 e. The Morgan fingerprint density at radius 3 is 2.82 bits per heavy atom. The molecular formula is C16H24N4O2. The van der Waals surface area contributed by atoms with Crippen LogP contribution in [0.3, 0.4) is 0 Å². The van der Waals surface area contributed by atoms with Crippen LogP contribution in [0.15, 0.2) is 18.5 Å². The SMILES string of the molecule is O=C(CC1CCCC1)NC[C@@]1(O)CCN(c2ncccn2)C1. The van der Waals surface area contributed by atoms with Crippen molar-refractivity contribution in [1.29, 1.82) is 0 Å². The van der Waals surface area contributed by atoms with Crippen LogP contribution in [0, 0.1) is 5.92 Å². The number of amides is 1. The fraction of sp³-hybridized carbons (Fsp3) is 0.688. The molecule has 1 aliphatic heterocycles. The summed E-state index contributed by atoms with van der Waals surface area (Å²) in [4.78, 5) is 22.4. The summed E-state index contributed by atoms with van der Waals surface area (Å²) >= 11 is 0. The third-order valence-corrected chi connectivity index (χ3v) is 4.73. The average molecular weight is 304 g/mol. The van der Waals surface area contributed by atoms with Gasteiger partial charge in [-0.05, 0) is 31.2 Å². The molecule has 1 aliphatic carbocycles. The van der Waals surface area contributed by atoms with E-state index >= 15 is 0 Å². The van der Waals surface area contributed by atoms with E-state index in [0.29, 0.717) is 44.3 Å². The van der Waals surface area contributed by atoms with E-state index in [1.807, 2.05) is 4.90 Å². The summed E-state index contributed by atoms with van der Waals surface area (Å²) in [5.41, 5.74) is -0.884. The van der Waals surface area contributed by atoms with Crippen molar-refractivity contribution in [3.63, 3.8) is 0 Å². The van der Waals surface area contributed by atoms with Crippen molar-refractivity contribution >= 4 is 11.9 Å². The molecule has 0 bridgehead atoms. The highest BCUT2D eigenvalue weighted by atomic mass is 16.3. The summed E-state index contributed by atoms with van der Waals surface area (Å²) in [6.45, 7) is 1.47. The fourth-order valence-electron chi connectivity index (χ4n) is 3.44. The predicted molar refractivity (Wildman–Crippen MR) is 83.4 cm³/mol. The second kappa shape index (κ2) is 6.60. The Kier molecular flexibility index (Phi) is 4.57. The Bertz CT molecular complexity index is 504. The molecule has 2 heterocycles. The number of hydrogen-bond donors (Lipinski definition) is 2. The second-order valence-corrected chi connectivity index (χ2v) is 6.58. The van der Waals surface area contributed by atoms with Gasteiger partial charge >= 0.3 is 0 Å². The number of nitrogens with zero attached hydrogens (tertiary/aromatic N) is 3. The molecule has 3 rings (SSSR count). The van der Waals surface area contributed by atoms with Crippen LogP contribution in [-0.2, 0) is 4.79 Å². The zero-order valence-corrected chi connectivity index (χ0v) is 12.9. The van der Waals surface area contributed by atoms with Crippen LogP contribution in [0.1, 0.15) is 38.5 Å². The van der Waals surface area contributed by atoms with Gasteiger partial charge in [-0.1, -0.05) is 12.8 Å². The lowest BCUT2D eigenvalue weighted by Gasteiger charge is -2.24. The lowest BCUT2D eigenvalue weighted by molar-refractivity contribution is -0.123. The molecule has 1 saturated heterocycles. The van der Waals surface area contributed by atoms with Crippen molar-refractivity contribution in [2.45, 2.75) is 44.1 Å². The summed E-state index contributed by atoms with van der Waals surface area (Å²) in [6, 6.07) is 1.77. The number of rotatable bonds is 5. The van der Waals surface area contributed by atoms with Crippen LogP contribution in [0.4, 0.5) is 5.95 Å². The quantitative estimate of drug-likeness (QED) is 0.852. The van der Waals surface area contributed by atoms with Gasteiger partial charge in [0.15, 0.2) is 0 Å². The van der Waals surface area contributed by atoms with Gasteiger partial charge in [-0.2, -0.15) is 0 Å². The van der Waals surface area contributed by atoms with E-state index in [-0.39, 0.29) is 5.91 Å². The normalized spacial score (nSPS) is 25.6. The molecule has 1 atom stereocenters. The molecule has 120 valence electrons. The molecular weight excluding hydrogens is 280 g/mol. The van der Waals surface area contributed by atoms with Crippen molar-refractivity contribution < 1.29 is 9.90 Å². The van der Waals surface area contributed by atoms with Gasteiger partial charge in [0.2, 0.25) is 11.9 Å². The molecule has 1 aromatic heterocycles. The van der Waals surface area contributed by atoms with Crippen LogP contribution in [0.2, 0.25) is 0 Å². The third kappa shape index (κ3) is 3.74. The Hall–Kier alpha value is -1.69. The Balaban J connectivity index is 1.47. The van der Waals surface area contributed by atoms with Crippen molar-refractivity contribution in [1.82, 2.24) is 15.3 Å². The molecule has 22 heavy (non-hydrogen) atoms. The van der Waals surface area contributed by atoms with Gasteiger partial charge in [-0.15, -0.1) is 0 Å². The lowest BCUT2D eigenvalue weighted by Crippen LogP contribution is -2.45. The number of aliphatic hydroxyl groups is 1. The minimum Gasteiger partial charge on any atom is -0.386 e. The van der Waals surface area contributed by atoms with E-state index in [0.717, 1.165) is 12.8 Å². The topological polar surface area (TPSA) is 78.4 Å². The van der Waals surface area contributed by atoms with E-state index in [2.05, 4.69) is 15.3 Å². The van der Waals surface area contributed by atoms with Crippen LogP contribution in [-0.4, -0.2) is 46.2 Å². The first kappa shape index (κ1) is 15.2. The van der Waals surface area contributed by atoms with E-state index in [1.54, 1.807) is 18.5 Å². The predicted octanol–water partition coefficient (Wildman–Crippen LogP) is 1.11. The Morgan fingerprint density at radius 1 is 1.36 bits per heavy atom. The smallest absolute Gasteiger partial charge is 0.225 e. The van der Waals surface area contributed by atoms with Crippen molar-refractivity contribution in [3.05, 3.63) is 18.5 Å². The first-order valence-corrected chi connectivity index (χ1v) is 8.16. The molecule has 1 amide bonds. The monoisotopic (exact) mass is 304 g/mol. The highest BCUT2D eigenvalue weighted by Gasteiger charge is 2.37. The van der Waals surface area contributed by atoms with Crippen molar-refractivity contribution in [3.8, 4) is 0 Å². The first-order chi connectivity index (χ1) is 10.6. The summed E-state index contributed by atoms with van der Waals surface area (Å²) in [6.07, 6.45) is 9.43. The molecule has 6 heteroatoms. The molecule has 0 radical (unpaired) electrons. The minimum absolute atomic E-state index is 0.0646. The maximum Gasteiger partial charge on any atom is 0.225 e. The zero-order valence-electron chi connectivity index (χ0n) is 12.9. The molecule has 1 aromatic rings. The number of hydrogen-bond acceptors (Lipinski definition) is 5. The molecule has 2 N–H and O–H groups in total. The highest BCUT2D eigenvalue weighted by Crippen LogP contribution is 2.27. The summed E-state index contributed by atoms with van der Waals surface area (Å²) < 4.78 is 0. The second-order valence-electron chi connectivity index (χ2n) is 6.58. The van der Waals surface area contributed by atoms with E-state index in [4.69, 9.17) is 0 Å². The fourth-order valence-corrected chi connectivity index (χ4v) is 3.44. The number of carbonyl (C=O) groups excluding carboxylic acids is 1.